The zero-order valence-electron chi connectivity index (χ0n) is 12.1. The van der Waals surface area contributed by atoms with Crippen LogP contribution in [0.4, 0.5) is 4.79 Å². The van der Waals surface area contributed by atoms with Gasteiger partial charge in [0.15, 0.2) is 0 Å². The van der Waals surface area contributed by atoms with E-state index < -0.39 is 5.60 Å². The molecule has 0 saturated heterocycles. The van der Waals surface area contributed by atoms with Crippen LogP contribution in [0.1, 0.15) is 43.6 Å². The highest BCUT2D eigenvalue weighted by molar-refractivity contribution is 9.11. The molecule has 0 radical (unpaired) electrons. The van der Waals surface area contributed by atoms with Crippen molar-refractivity contribution in [2.75, 3.05) is 13.6 Å². The van der Waals surface area contributed by atoms with E-state index in [1.54, 1.807) is 23.3 Å². The molecule has 1 amide bonds. The van der Waals surface area contributed by atoms with Crippen molar-refractivity contribution in [1.82, 2.24) is 4.90 Å². The number of carbonyl (C=O) groups excluding carboxylic acids is 1. The molecule has 0 spiro atoms. The average Bonchev–Trinajstić information content (AvgIpc) is 2.80. The Morgan fingerprint density at radius 2 is 2.20 bits per heavy atom. The first-order valence-electron chi connectivity index (χ1n) is 6.59. The Hall–Kier alpha value is -0.260. The fraction of sp³-hybridized carbons (Fsp3) is 0.643. The number of fused-ring (bicyclic) bond motifs is 1. The second kappa shape index (κ2) is 5.85. The van der Waals surface area contributed by atoms with Crippen molar-refractivity contribution in [2.45, 2.75) is 45.1 Å². The largest absolute Gasteiger partial charge is 0.444 e. The van der Waals surface area contributed by atoms with Crippen molar-refractivity contribution in [3.8, 4) is 0 Å². The van der Waals surface area contributed by atoms with Crippen LogP contribution in [0, 0.1) is 0 Å². The van der Waals surface area contributed by atoms with Gasteiger partial charge in [-0.2, -0.15) is 0 Å². The molecule has 112 valence electrons. The van der Waals surface area contributed by atoms with Gasteiger partial charge in [0.1, 0.15) is 5.60 Å². The van der Waals surface area contributed by atoms with Crippen LogP contribution in [0.3, 0.4) is 0 Å². The molecule has 6 heteroatoms. The van der Waals surface area contributed by atoms with E-state index in [2.05, 4.69) is 15.9 Å². The average molecular weight is 381 g/mol. The van der Waals surface area contributed by atoms with E-state index in [9.17, 15) is 4.79 Å². The lowest BCUT2D eigenvalue weighted by atomic mass is 10.0. The number of thiophene rings is 1. The molecule has 2 rings (SSSR count). The number of hydrogen-bond donors (Lipinski definition) is 0. The third-order valence-electron chi connectivity index (χ3n) is 3.25. The fourth-order valence-corrected chi connectivity index (χ4v) is 4.66. The summed E-state index contributed by atoms with van der Waals surface area (Å²) < 4.78 is 6.37. The number of ether oxygens (including phenoxy) is 1. The van der Waals surface area contributed by atoms with Crippen LogP contribution >= 0.6 is 38.9 Å². The number of aryl methyl sites for hydroxylation is 1. The normalized spacial score (nSPS) is 18.0. The Labute approximate surface area is 137 Å². The second-order valence-electron chi connectivity index (χ2n) is 6.12. The quantitative estimate of drug-likeness (QED) is 0.717. The molecule has 0 aliphatic heterocycles. The molecule has 0 aromatic carbocycles. The first-order valence-corrected chi connectivity index (χ1v) is 8.58. The van der Waals surface area contributed by atoms with Gasteiger partial charge < -0.3 is 9.64 Å². The van der Waals surface area contributed by atoms with E-state index >= 15 is 0 Å². The molecule has 1 atom stereocenters. The molecule has 1 aliphatic carbocycles. The van der Waals surface area contributed by atoms with Gasteiger partial charge in [0, 0.05) is 24.4 Å². The van der Waals surface area contributed by atoms with Gasteiger partial charge in [-0.25, -0.2) is 4.79 Å². The summed E-state index contributed by atoms with van der Waals surface area (Å²) in [4.78, 5) is 15.0. The van der Waals surface area contributed by atoms with Crippen LogP contribution < -0.4 is 0 Å². The highest BCUT2D eigenvalue weighted by Gasteiger charge is 2.31. The SMILES string of the molecule is CN(C[C@@H]1CCc2sc(Br)c(Cl)c21)C(=O)OC(C)(C)C. The van der Waals surface area contributed by atoms with Crippen LogP contribution in [0.5, 0.6) is 0 Å². The Morgan fingerprint density at radius 3 is 2.80 bits per heavy atom. The van der Waals surface area contributed by atoms with Crippen LogP contribution in [0.25, 0.3) is 0 Å². The fourth-order valence-electron chi connectivity index (χ4n) is 2.41. The zero-order chi connectivity index (χ0) is 15.1. The maximum absolute atomic E-state index is 12.0. The first kappa shape index (κ1) is 16.1. The van der Waals surface area contributed by atoms with Gasteiger partial charge in [-0.3, -0.25) is 0 Å². The molecule has 20 heavy (non-hydrogen) atoms. The minimum absolute atomic E-state index is 0.281. The van der Waals surface area contributed by atoms with E-state index in [1.165, 1.54) is 10.4 Å². The van der Waals surface area contributed by atoms with Gasteiger partial charge in [0.05, 0.1) is 8.81 Å². The zero-order valence-corrected chi connectivity index (χ0v) is 15.3. The Kier molecular flexibility index (Phi) is 4.72. The highest BCUT2D eigenvalue weighted by Crippen LogP contribution is 2.47. The molecule has 1 aromatic rings. The first-order chi connectivity index (χ1) is 9.19. The Balaban J connectivity index is 2.04. The van der Waals surface area contributed by atoms with Gasteiger partial charge in [-0.1, -0.05) is 11.6 Å². The number of rotatable bonds is 2. The Morgan fingerprint density at radius 1 is 1.55 bits per heavy atom. The van der Waals surface area contributed by atoms with Crippen LogP contribution in [0.15, 0.2) is 3.79 Å². The van der Waals surface area contributed by atoms with Gasteiger partial charge >= 0.3 is 6.09 Å². The maximum atomic E-state index is 12.0. The van der Waals surface area contributed by atoms with E-state index in [0.717, 1.165) is 21.7 Å². The summed E-state index contributed by atoms with van der Waals surface area (Å²) in [7, 11) is 1.78. The lowest BCUT2D eigenvalue weighted by Crippen LogP contribution is -2.36. The lowest BCUT2D eigenvalue weighted by molar-refractivity contribution is 0.0288. The standard InChI is InChI=1S/C14H19BrClNO2S/c1-14(2,3)19-13(18)17(4)7-8-5-6-9-10(8)11(16)12(15)20-9/h8H,5-7H2,1-4H3/t8-/m0/s1. The molecule has 1 aromatic heterocycles. The number of amides is 1. The Bertz CT molecular complexity index is 524. The van der Waals surface area contributed by atoms with Crippen LogP contribution in [-0.4, -0.2) is 30.2 Å². The molecule has 0 N–H and O–H groups in total. The summed E-state index contributed by atoms with van der Waals surface area (Å²) in [5.74, 6) is 0.303. The monoisotopic (exact) mass is 379 g/mol. The van der Waals surface area contributed by atoms with E-state index in [0.29, 0.717) is 12.5 Å². The van der Waals surface area contributed by atoms with Gasteiger partial charge in [0.25, 0.3) is 0 Å². The van der Waals surface area contributed by atoms with Gasteiger partial charge in [-0.15, -0.1) is 11.3 Å². The molecular weight excluding hydrogens is 362 g/mol. The summed E-state index contributed by atoms with van der Waals surface area (Å²) >= 11 is 11.5. The minimum Gasteiger partial charge on any atom is -0.444 e. The number of carbonyl (C=O) groups is 1. The summed E-state index contributed by atoms with van der Waals surface area (Å²) in [5.41, 5.74) is 0.744. The highest BCUT2D eigenvalue weighted by atomic mass is 79.9. The number of halogens is 2. The van der Waals surface area contributed by atoms with Crippen molar-refractivity contribution in [2.24, 2.45) is 0 Å². The second-order valence-corrected chi connectivity index (χ2v) is 8.92. The summed E-state index contributed by atoms with van der Waals surface area (Å²) in [5, 5.41) is 0.810. The van der Waals surface area contributed by atoms with Crippen LogP contribution in [-0.2, 0) is 11.2 Å². The number of nitrogens with zero attached hydrogens (tertiary/aromatic N) is 1. The molecule has 1 heterocycles. The molecule has 1 aliphatic rings. The third kappa shape index (κ3) is 3.49. The van der Waals surface area contributed by atoms with E-state index in [1.807, 2.05) is 20.8 Å². The van der Waals surface area contributed by atoms with Crippen molar-refractivity contribution in [3.05, 3.63) is 19.2 Å². The predicted octanol–water partition coefficient (Wildman–Crippen LogP) is 5.06. The number of likely N-dealkylation sites (N-methyl/N-ethyl adjacent to an activating group) is 1. The van der Waals surface area contributed by atoms with Crippen molar-refractivity contribution in [1.29, 1.82) is 0 Å². The topological polar surface area (TPSA) is 29.5 Å². The summed E-state index contributed by atoms with van der Waals surface area (Å²) in [6.07, 6.45) is 1.80. The van der Waals surface area contributed by atoms with Crippen molar-refractivity contribution < 1.29 is 9.53 Å². The molecule has 0 fully saturated rings. The van der Waals surface area contributed by atoms with Crippen molar-refractivity contribution >= 4 is 45.0 Å². The van der Waals surface area contributed by atoms with E-state index in [4.69, 9.17) is 16.3 Å². The molecule has 3 nitrogen and oxygen atoms in total. The van der Waals surface area contributed by atoms with Gasteiger partial charge in [-0.05, 0) is 55.1 Å². The van der Waals surface area contributed by atoms with E-state index in [-0.39, 0.29) is 6.09 Å². The maximum Gasteiger partial charge on any atom is 0.410 e. The molecule has 0 saturated carbocycles. The third-order valence-corrected chi connectivity index (χ3v) is 5.92. The lowest BCUT2D eigenvalue weighted by Gasteiger charge is -2.26. The smallest absolute Gasteiger partial charge is 0.410 e. The van der Waals surface area contributed by atoms with Gasteiger partial charge in [0.2, 0.25) is 0 Å². The van der Waals surface area contributed by atoms with Crippen LogP contribution in [0.2, 0.25) is 5.02 Å². The summed E-state index contributed by atoms with van der Waals surface area (Å²) in [6, 6.07) is 0. The van der Waals surface area contributed by atoms with Crippen molar-refractivity contribution in [3.63, 3.8) is 0 Å². The molecular formula is C14H19BrClNO2S. The molecule has 0 bridgehead atoms. The molecule has 0 unspecified atom stereocenters. The predicted molar refractivity (Wildman–Crippen MR) is 87.0 cm³/mol. The minimum atomic E-state index is -0.463. The number of hydrogen-bond acceptors (Lipinski definition) is 3. The summed E-state index contributed by atoms with van der Waals surface area (Å²) in [6.45, 7) is 6.27.